The van der Waals surface area contributed by atoms with Crippen molar-refractivity contribution in [1.29, 1.82) is 0 Å². The topological polar surface area (TPSA) is 41.0 Å². The van der Waals surface area contributed by atoms with Crippen LogP contribution >= 0.6 is 0 Å². The van der Waals surface area contributed by atoms with Crippen LogP contribution in [0.1, 0.15) is 24.2 Å². The summed E-state index contributed by atoms with van der Waals surface area (Å²) in [6, 6.07) is 18.5. The highest BCUT2D eigenvalue weighted by atomic mass is 16.2. The molecule has 0 spiro atoms. The van der Waals surface area contributed by atoms with E-state index in [2.05, 4.69) is 33.8 Å². The highest BCUT2D eigenvalue weighted by molar-refractivity contribution is 6.13. The summed E-state index contributed by atoms with van der Waals surface area (Å²) in [5.74, 6) is 0.0838. The van der Waals surface area contributed by atoms with Gasteiger partial charge in [-0.3, -0.25) is 4.79 Å². The molecule has 0 aliphatic rings. The molecule has 0 fully saturated rings. The fraction of sp³-hybridized carbons (Fsp3) is 0.227. The Labute approximate surface area is 153 Å². The Morgan fingerprint density at radius 2 is 1.73 bits per heavy atom. The third kappa shape index (κ3) is 2.41. The number of hydrogen-bond acceptors (Lipinski definition) is 1. The average Bonchev–Trinajstić information content (AvgIpc) is 3.21. The molecular formula is C22H23N3O. The van der Waals surface area contributed by atoms with Crippen LogP contribution in [0.2, 0.25) is 0 Å². The lowest BCUT2D eigenvalue weighted by Gasteiger charge is -2.19. The van der Waals surface area contributed by atoms with Crippen LogP contribution in [-0.2, 0) is 7.05 Å². The minimum absolute atomic E-state index is 0.0838. The summed E-state index contributed by atoms with van der Waals surface area (Å²) in [4.78, 5) is 18.7. The predicted octanol–water partition coefficient (Wildman–Crippen LogP) is 4.81. The maximum Gasteiger partial charge on any atom is 0.256 e. The van der Waals surface area contributed by atoms with E-state index in [0.717, 1.165) is 38.8 Å². The summed E-state index contributed by atoms with van der Waals surface area (Å²) in [6.45, 7) is 5.44. The lowest BCUT2D eigenvalue weighted by Crippen LogP contribution is -2.30. The molecule has 0 radical (unpaired) electrons. The van der Waals surface area contributed by atoms with Crippen LogP contribution in [0.3, 0.4) is 0 Å². The number of fused-ring (bicyclic) bond motifs is 2. The zero-order valence-electron chi connectivity index (χ0n) is 15.4. The smallest absolute Gasteiger partial charge is 0.256 e. The average molecular weight is 345 g/mol. The maximum atomic E-state index is 13.3. The number of carbonyl (C=O) groups is 1. The Hall–Kier alpha value is -3.01. The van der Waals surface area contributed by atoms with E-state index in [1.807, 2.05) is 56.1 Å². The number of hydrogen-bond donors (Lipinski definition) is 1. The first kappa shape index (κ1) is 16.5. The second-order valence-corrected chi connectivity index (χ2v) is 6.55. The summed E-state index contributed by atoms with van der Waals surface area (Å²) < 4.78 is 2.12. The first-order chi connectivity index (χ1) is 12.7. The highest BCUT2D eigenvalue weighted by Crippen LogP contribution is 2.35. The van der Waals surface area contributed by atoms with E-state index in [0.29, 0.717) is 13.1 Å². The van der Waals surface area contributed by atoms with Crippen molar-refractivity contribution in [3.8, 4) is 11.4 Å². The van der Waals surface area contributed by atoms with Crippen molar-refractivity contribution in [1.82, 2.24) is 14.5 Å². The minimum atomic E-state index is 0.0838. The van der Waals surface area contributed by atoms with E-state index in [-0.39, 0.29) is 5.91 Å². The van der Waals surface area contributed by atoms with Gasteiger partial charge in [-0.1, -0.05) is 36.4 Å². The van der Waals surface area contributed by atoms with Crippen molar-refractivity contribution >= 4 is 27.7 Å². The summed E-state index contributed by atoms with van der Waals surface area (Å²) >= 11 is 0. The van der Waals surface area contributed by atoms with Crippen molar-refractivity contribution in [2.75, 3.05) is 13.1 Å². The van der Waals surface area contributed by atoms with Gasteiger partial charge in [0.2, 0.25) is 0 Å². The number of carbonyl (C=O) groups excluding carboxylic acids is 1. The minimum Gasteiger partial charge on any atom is -0.353 e. The van der Waals surface area contributed by atoms with Gasteiger partial charge >= 0.3 is 0 Å². The van der Waals surface area contributed by atoms with Crippen LogP contribution in [0.5, 0.6) is 0 Å². The summed E-state index contributed by atoms with van der Waals surface area (Å²) in [7, 11) is 2.03. The van der Waals surface area contributed by atoms with Gasteiger partial charge in [0, 0.05) is 41.9 Å². The molecule has 26 heavy (non-hydrogen) atoms. The molecule has 0 aliphatic heterocycles. The van der Waals surface area contributed by atoms with Crippen LogP contribution in [-0.4, -0.2) is 33.4 Å². The Balaban J connectivity index is 2.03. The number of aromatic nitrogens is 2. The van der Waals surface area contributed by atoms with E-state index in [1.165, 1.54) is 0 Å². The molecule has 4 nitrogen and oxygen atoms in total. The third-order valence-electron chi connectivity index (χ3n) is 5.16. The van der Waals surface area contributed by atoms with Crippen molar-refractivity contribution < 1.29 is 4.79 Å². The molecule has 0 atom stereocenters. The monoisotopic (exact) mass is 345 g/mol. The molecular weight excluding hydrogens is 322 g/mol. The van der Waals surface area contributed by atoms with Crippen molar-refractivity contribution in [2.45, 2.75) is 13.8 Å². The number of H-pyrrole nitrogens is 1. The van der Waals surface area contributed by atoms with Crippen LogP contribution in [0, 0.1) is 0 Å². The van der Waals surface area contributed by atoms with Gasteiger partial charge in [-0.05, 0) is 32.0 Å². The van der Waals surface area contributed by atoms with Gasteiger partial charge in [-0.25, -0.2) is 0 Å². The second kappa shape index (κ2) is 6.37. The van der Waals surface area contributed by atoms with Crippen molar-refractivity contribution in [2.24, 2.45) is 7.05 Å². The largest absolute Gasteiger partial charge is 0.353 e. The number of nitrogens with zero attached hydrogens (tertiary/aromatic N) is 2. The van der Waals surface area contributed by atoms with E-state index in [9.17, 15) is 4.79 Å². The summed E-state index contributed by atoms with van der Waals surface area (Å²) in [5.41, 5.74) is 4.84. The fourth-order valence-electron chi connectivity index (χ4n) is 3.79. The van der Waals surface area contributed by atoms with E-state index >= 15 is 0 Å². The van der Waals surface area contributed by atoms with Gasteiger partial charge in [-0.15, -0.1) is 0 Å². The number of aromatic amines is 1. The first-order valence-electron chi connectivity index (χ1n) is 9.10. The molecule has 2 aromatic heterocycles. The van der Waals surface area contributed by atoms with Crippen molar-refractivity contribution in [3.05, 3.63) is 60.2 Å². The van der Waals surface area contributed by atoms with Gasteiger partial charge < -0.3 is 14.5 Å². The number of rotatable bonds is 4. The van der Waals surface area contributed by atoms with Gasteiger partial charge in [0.15, 0.2) is 0 Å². The molecule has 0 aliphatic carbocycles. The highest BCUT2D eigenvalue weighted by Gasteiger charge is 2.25. The molecule has 4 aromatic rings. The second-order valence-electron chi connectivity index (χ2n) is 6.55. The van der Waals surface area contributed by atoms with Gasteiger partial charge in [0.1, 0.15) is 0 Å². The van der Waals surface area contributed by atoms with Gasteiger partial charge in [0.25, 0.3) is 5.91 Å². The van der Waals surface area contributed by atoms with Gasteiger partial charge in [0.05, 0.1) is 17.0 Å². The normalized spacial score (nSPS) is 11.3. The molecule has 132 valence electrons. The molecule has 0 saturated carbocycles. The molecule has 2 heterocycles. The standard InChI is InChI=1S/C22H23N3O/c1-4-25(5-2)22(26)20-16-11-7-9-13-19(16)24(3)21(20)18-14-15-10-6-8-12-17(15)23-18/h6-14,23H,4-5H2,1-3H3. The molecule has 1 N–H and O–H groups in total. The predicted molar refractivity (Wildman–Crippen MR) is 107 cm³/mol. The van der Waals surface area contributed by atoms with Crippen LogP contribution in [0.4, 0.5) is 0 Å². The molecule has 0 saturated heterocycles. The Morgan fingerprint density at radius 1 is 1.04 bits per heavy atom. The van der Waals surface area contributed by atoms with Gasteiger partial charge in [-0.2, -0.15) is 0 Å². The Bertz CT molecular complexity index is 1070. The quantitative estimate of drug-likeness (QED) is 0.567. The molecule has 0 unspecified atom stereocenters. The van der Waals surface area contributed by atoms with Crippen LogP contribution in [0.15, 0.2) is 54.6 Å². The van der Waals surface area contributed by atoms with Crippen molar-refractivity contribution in [3.63, 3.8) is 0 Å². The zero-order valence-corrected chi connectivity index (χ0v) is 15.4. The third-order valence-corrected chi connectivity index (χ3v) is 5.16. The van der Waals surface area contributed by atoms with E-state index in [4.69, 9.17) is 0 Å². The molecule has 1 amide bonds. The number of para-hydroxylation sites is 2. The molecule has 2 aromatic carbocycles. The Kier molecular flexibility index (Phi) is 4.03. The lowest BCUT2D eigenvalue weighted by molar-refractivity contribution is 0.0775. The van der Waals surface area contributed by atoms with E-state index < -0.39 is 0 Å². The summed E-state index contributed by atoms with van der Waals surface area (Å²) in [6.07, 6.45) is 0. The van der Waals surface area contributed by atoms with E-state index in [1.54, 1.807) is 0 Å². The number of nitrogens with one attached hydrogen (secondary N) is 1. The number of benzene rings is 2. The molecule has 4 rings (SSSR count). The molecule has 4 heteroatoms. The van der Waals surface area contributed by atoms with Crippen LogP contribution in [0.25, 0.3) is 33.2 Å². The SMILES string of the molecule is CCN(CC)C(=O)c1c(-c2cc3ccccc3[nH]2)n(C)c2ccccc12. The number of aryl methyl sites for hydroxylation is 1. The maximum absolute atomic E-state index is 13.3. The summed E-state index contributed by atoms with van der Waals surface area (Å²) in [5, 5.41) is 2.15. The van der Waals surface area contributed by atoms with Crippen LogP contribution < -0.4 is 0 Å². The fourth-order valence-corrected chi connectivity index (χ4v) is 3.79. The first-order valence-corrected chi connectivity index (χ1v) is 9.10. The molecule has 0 bridgehead atoms. The lowest BCUT2D eigenvalue weighted by atomic mass is 10.1. The zero-order chi connectivity index (χ0) is 18.3. The Morgan fingerprint density at radius 3 is 2.46 bits per heavy atom. The number of amides is 1.